The zero-order valence-corrected chi connectivity index (χ0v) is 14.7. The Balaban J connectivity index is 2.37. The third kappa shape index (κ3) is 5.25. The van der Waals surface area contributed by atoms with E-state index >= 15 is 0 Å². The van der Waals surface area contributed by atoms with Gasteiger partial charge < -0.3 is 0 Å². The molecule has 0 aliphatic carbocycles. The molecule has 0 bridgehead atoms. The molecular weight excluding hydrogens is 346 g/mol. The molecule has 0 aliphatic rings. The molecule has 0 spiro atoms. The largest absolute Gasteiger partial charge is 0.279 e. The molecule has 1 atom stereocenters. The molecule has 0 amide bonds. The van der Waals surface area contributed by atoms with Crippen LogP contribution in [0.2, 0.25) is 0 Å². The van der Waals surface area contributed by atoms with E-state index in [-0.39, 0.29) is 6.04 Å². The Labute approximate surface area is 147 Å². The summed E-state index contributed by atoms with van der Waals surface area (Å²) in [5, 5.41) is 0. The van der Waals surface area contributed by atoms with Gasteiger partial charge in [0.25, 0.3) is 0 Å². The molecule has 2 aromatic rings. The lowest BCUT2D eigenvalue weighted by molar-refractivity contribution is 0.293. The number of nitrogens with zero attached hydrogens (tertiary/aromatic N) is 1. The highest BCUT2D eigenvalue weighted by Crippen LogP contribution is 2.22. The number of hydrogen-bond donors (Lipinski definition) is 0. The van der Waals surface area contributed by atoms with Crippen LogP contribution in [0.1, 0.15) is 17.2 Å². The van der Waals surface area contributed by atoms with Gasteiger partial charge in [-0.1, -0.05) is 70.3 Å². The van der Waals surface area contributed by atoms with E-state index in [2.05, 4.69) is 58.0 Å². The number of benzene rings is 2. The summed E-state index contributed by atoms with van der Waals surface area (Å²) in [6, 6.07) is 18.4. The lowest BCUT2D eigenvalue weighted by Crippen LogP contribution is -2.28. The van der Waals surface area contributed by atoms with Crippen LogP contribution in [0, 0.1) is 11.8 Å². The SMILES string of the molecule is C=CCN(CC=C)C(C#Cc1ccccc1)c1ccc(Br)cc1. The first-order chi connectivity index (χ1) is 11.2. The average molecular weight is 366 g/mol. The van der Waals surface area contributed by atoms with Gasteiger partial charge in [-0.2, -0.15) is 0 Å². The highest BCUT2D eigenvalue weighted by atomic mass is 79.9. The van der Waals surface area contributed by atoms with E-state index in [1.54, 1.807) is 0 Å². The molecule has 0 saturated heterocycles. The van der Waals surface area contributed by atoms with Crippen molar-refractivity contribution in [3.8, 4) is 11.8 Å². The van der Waals surface area contributed by atoms with Gasteiger partial charge in [0.15, 0.2) is 0 Å². The van der Waals surface area contributed by atoms with Crippen LogP contribution in [-0.2, 0) is 0 Å². The van der Waals surface area contributed by atoms with Crippen LogP contribution in [0.15, 0.2) is 84.4 Å². The number of hydrogen-bond acceptors (Lipinski definition) is 1. The van der Waals surface area contributed by atoms with Crippen molar-refractivity contribution in [2.24, 2.45) is 0 Å². The third-order valence-electron chi connectivity index (χ3n) is 3.41. The molecule has 0 heterocycles. The molecule has 1 unspecified atom stereocenters. The molecule has 116 valence electrons. The quantitative estimate of drug-likeness (QED) is 0.501. The van der Waals surface area contributed by atoms with Gasteiger partial charge in [-0.25, -0.2) is 0 Å². The van der Waals surface area contributed by atoms with Crippen molar-refractivity contribution >= 4 is 15.9 Å². The summed E-state index contributed by atoms with van der Waals surface area (Å²) in [5.41, 5.74) is 2.19. The summed E-state index contributed by atoms with van der Waals surface area (Å²) < 4.78 is 1.06. The second kappa shape index (κ2) is 9.15. The summed E-state index contributed by atoms with van der Waals surface area (Å²) in [6.45, 7) is 9.24. The summed E-state index contributed by atoms with van der Waals surface area (Å²) >= 11 is 3.49. The van der Waals surface area contributed by atoms with Gasteiger partial charge >= 0.3 is 0 Å². The van der Waals surface area contributed by atoms with Crippen LogP contribution in [0.3, 0.4) is 0 Å². The first-order valence-corrected chi connectivity index (χ1v) is 8.32. The topological polar surface area (TPSA) is 3.24 Å². The first-order valence-electron chi connectivity index (χ1n) is 7.52. The highest BCUT2D eigenvalue weighted by Gasteiger charge is 2.16. The van der Waals surface area contributed by atoms with E-state index in [1.807, 2.05) is 54.6 Å². The Morgan fingerprint density at radius 2 is 1.57 bits per heavy atom. The molecule has 2 heteroatoms. The summed E-state index contributed by atoms with van der Waals surface area (Å²) in [4.78, 5) is 2.25. The van der Waals surface area contributed by atoms with Gasteiger partial charge in [0.1, 0.15) is 0 Å². The monoisotopic (exact) mass is 365 g/mol. The minimum atomic E-state index is -0.000642. The van der Waals surface area contributed by atoms with Crippen molar-refractivity contribution in [3.05, 3.63) is 95.5 Å². The molecule has 0 radical (unpaired) electrons. The predicted molar refractivity (Wildman–Crippen MR) is 102 cm³/mol. The third-order valence-corrected chi connectivity index (χ3v) is 3.93. The van der Waals surface area contributed by atoms with Crippen LogP contribution in [0.4, 0.5) is 0 Å². The van der Waals surface area contributed by atoms with Crippen molar-refractivity contribution in [1.29, 1.82) is 0 Å². The van der Waals surface area contributed by atoms with Crippen LogP contribution in [-0.4, -0.2) is 18.0 Å². The molecule has 0 saturated carbocycles. The van der Waals surface area contributed by atoms with E-state index in [1.165, 1.54) is 5.56 Å². The summed E-state index contributed by atoms with van der Waals surface area (Å²) in [6.07, 6.45) is 3.80. The maximum atomic E-state index is 3.86. The zero-order valence-electron chi connectivity index (χ0n) is 13.1. The van der Waals surface area contributed by atoms with Crippen molar-refractivity contribution in [3.63, 3.8) is 0 Å². The van der Waals surface area contributed by atoms with E-state index in [0.717, 1.165) is 23.1 Å². The normalized spacial score (nSPS) is 11.4. The molecule has 0 N–H and O–H groups in total. The molecule has 2 rings (SSSR count). The number of halogens is 1. The first kappa shape index (κ1) is 17.3. The fraction of sp³-hybridized carbons (Fsp3) is 0.143. The van der Waals surface area contributed by atoms with Gasteiger partial charge in [-0.3, -0.25) is 4.90 Å². The Bertz CT molecular complexity index is 682. The van der Waals surface area contributed by atoms with Gasteiger partial charge in [-0.15, -0.1) is 13.2 Å². The molecule has 0 fully saturated rings. The molecule has 23 heavy (non-hydrogen) atoms. The van der Waals surface area contributed by atoms with Gasteiger partial charge in [0.05, 0.1) is 6.04 Å². The minimum absolute atomic E-state index is 0.000642. The van der Waals surface area contributed by atoms with Crippen molar-refractivity contribution in [2.75, 3.05) is 13.1 Å². The highest BCUT2D eigenvalue weighted by molar-refractivity contribution is 9.10. The predicted octanol–water partition coefficient (Wildman–Crippen LogP) is 5.22. The molecule has 0 aliphatic heterocycles. The molecule has 0 aromatic heterocycles. The standard InChI is InChI=1S/C21H20BrN/c1-3-16-23(17-4-2)21(19-11-13-20(22)14-12-19)15-10-18-8-6-5-7-9-18/h3-9,11-14,21H,1-2,16-17H2. The van der Waals surface area contributed by atoms with Crippen LogP contribution >= 0.6 is 15.9 Å². The smallest absolute Gasteiger partial charge is 0.0979 e. The van der Waals surface area contributed by atoms with E-state index in [0.29, 0.717) is 0 Å². The Kier molecular flexibility index (Phi) is 6.87. The van der Waals surface area contributed by atoms with Gasteiger partial charge in [0, 0.05) is 23.1 Å². The maximum absolute atomic E-state index is 3.86. The zero-order chi connectivity index (χ0) is 16.5. The Hall–Kier alpha value is -2.08. The summed E-state index contributed by atoms with van der Waals surface area (Å²) in [7, 11) is 0. The van der Waals surface area contributed by atoms with Gasteiger partial charge in [-0.05, 0) is 29.8 Å². The Morgan fingerprint density at radius 3 is 2.13 bits per heavy atom. The second-order valence-electron chi connectivity index (χ2n) is 5.12. The van der Waals surface area contributed by atoms with Crippen LogP contribution in [0.25, 0.3) is 0 Å². The van der Waals surface area contributed by atoms with E-state index < -0.39 is 0 Å². The second-order valence-corrected chi connectivity index (χ2v) is 6.04. The fourth-order valence-electron chi connectivity index (χ4n) is 2.32. The van der Waals surface area contributed by atoms with Gasteiger partial charge in [0.2, 0.25) is 0 Å². The van der Waals surface area contributed by atoms with Crippen molar-refractivity contribution in [2.45, 2.75) is 6.04 Å². The van der Waals surface area contributed by atoms with Crippen molar-refractivity contribution < 1.29 is 0 Å². The Morgan fingerprint density at radius 1 is 0.957 bits per heavy atom. The minimum Gasteiger partial charge on any atom is -0.279 e. The summed E-state index contributed by atoms with van der Waals surface area (Å²) in [5.74, 6) is 6.69. The van der Waals surface area contributed by atoms with Crippen LogP contribution in [0.5, 0.6) is 0 Å². The molecule has 2 aromatic carbocycles. The number of rotatable bonds is 6. The van der Waals surface area contributed by atoms with E-state index in [4.69, 9.17) is 0 Å². The molecular formula is C21H20BrN. The maximum Gasteiger partial charge on any atom is 0.0979 e. The lowest BCUT2D eigenvalue weighted by Gasteiger charge is -2.26. The fourth-order valence-corrected chi connectivity index (χ4v) is 2.59. The lowest BCUT2D eigenvalue weighted by atomic mass is 10.0. The van der Waals surface area contributed by atoms with E-state index in [9.17, 15) is 0 Å². The average Bonchev–Trinajstić information content (AvgIpc) is 2.58. The van der Waals surface area contributed by atoms with Crippen LogP contribution < -0.4 is 0 Å². The molecule has 1 nitrogen and oxygen atoms in total. The van der Waals surface area contributed by atoms with Crippen molar-refractivity contribution in [1.82, 2.24) is 4.90 Å².